The van der Waals surface area contributed by atoms with Crippen molar-refractivity contribution in [3.05, 3.63) is 70.9 Å². The zero-order valence-electron chi connectivity index (χ0n) is 11.5. The van der Waals surface area contributed by atoms with E-state index < -0.39 is 11.8 Å². The molecule has 0 amide bonds. The molecule has 0 fully saturated rings. The highest BCUT2D eigenvalue weighted by molar-refractivity contribution is 6.42. The average molecular weight is 314 g/mol. The summed E-state index contributed by atoms with van der Waals surface area (Å²) in [7, 11) is 0. The van der Waals surface area contributed by atoms with E-state index in [1.807, 2.05) is 18.2 Å². The second-order valence-corrected chi connectivity index (χ2v) is 5.22. The molecule has 22 heavy (non-hydrogen) atoms. The van der Waals surface area contributed by atoms with Gasteiger partial charge in [-0.25, -0.2) is 4.79 Å². The predicted octanol–water partition coefficient (Wildman–Crippen LogP) is 3.75. The van der Waals surface area contributed by atoms with Gasteiger partial charge in [0.05, 0.1) is 5.56 Å². The van der Waals surface area contributed by atoms with E-state index in [2.05, 4.69) is 4.98 Å². The van der Waals surface area contributed by atoms with Crippen LogP contribution in [0.15, 0.2) is 54.7 Å². The molecule has 1 aromatic heterocycles. The summed E-state index contributed by atoms with van der Waals surface area (Å²) in [6.07, 6.45) is 1.52. The summed E-state index contributed by atoms with van der Waals surface area (Å²) < 4.78 is 5.06. The maximum Gasteiger partial charge on any atom is 0.380 e. The normalized spacial score (nSPS) is 10.6. The van der Waals surface area contributed by atoms with Crippen LogP contribution in [-0.4, -0.2) is 16.7 Å². The van der Waals surface area contributed by atoms with Crippen molar-refractivity contribution in [2.45, 2.75) is 6.61 Å². The van der Waals surface area contributed by atoms with Gasteiger partial charge in [-0.15, -0.1) is 0 Å². The van der Waals surface area contributed by atoms with Crippen LogP contribution in [0.25, 0.3) is 10.9 Å². The van der Waals surface area contributed by atoms with Crippen molar-refractivity contribution < 1.29 is 14.3 Å². The van der Waals surface area contributed by atoms with Crippen LogP contribution < -0.4 is 0 Å². The third-order valence-electron chi connectivity index (χ3n) is 3.30. The van der Waals surface area contributed by atoms with Crippen LogP contribution in [0, 0.1) is 0 Å². The lowest BCUT2D eigenvalue weighted by Gasteiger charge is -2.04. The third kappa shape index (κ3) is 2.87. The number of ketones is 1. The van der Waals surface area contributed by atoms with Gasteiger partial charge in [0.25, 0.3) is 5.78 Å². The first-order chi connectivity index (χ1) is 10.6. The highest BCUT2D eigenvalue weighted by Crippen LogP contribution is 2.19. The van der Waals surface area contributed by atoms with Crippen LogP contribution >= 0.6 is 11.6 Å². The van der Waals surface area contributed by atoms with E-state index in [0.29, 0.717) is 16.0 Å². The van der Waals surface area contributed by atoms with E-state index in [1.165, 1.54) is 6.20 Å². The maximum atomic E-state index is 12.2. The molecule has 1 heterocycles. The first kappa shape index (κ1) is 14.4. The highest BCUT2D eigenvalue weighted by atomic mass is 35.5. The molecular formula is C17H12ClNO3. The Bertz CT molecular complexity index is 836. The number of aromatic nitrogens is 1. The van der Waals surface area contributed by atoms with E-state index in [9.17, 15) is 9.59 Å². The lowest BCUT2D eigenvalue weighted by Crippen LogP contribution is -2.17. The summed E-state index contributed by atoms with van der Waals surface area (Å²) in [5.41, 5.74) is 1.89. The Hall–Kier alpha value is -2.59. The fourth-order valence-corrected chi connectivity index (χ4v) is 2.29. The Morgan fingerprint density at radius 3 is 2.55 bits per heavy atom. The van der Waals surface area contributed by atoms with Gasteiger partial charge in [0.15, 0.2) is 0 Å². The number of hydrogen-bond donors (Lipinski definition) is 1. The molecular weight excluding hydrogens is 302 g/mol. The number of esters is 1. The van der Waals surface area contributed by atoms with Gasteiger partial charge in [-0.05, 0) is 23.8 Å². The second-order valence-electron chi connectivity index (χ2n) is 4.78. The standard InChI is InChI=1S/C17H12ClNO3/c18-12-7-5-11(6-8-12)10-22-17(21)16(20)14-9-19-15-4-2-1-3-13(14)15/h1-9,19H,10H2. The van der Waals surface area contributed by atoms with Gasteiger partial charge < -0.3 is 9.72 Å². The number of aromatic amines is 1. The fourth-order valence-electron chi connectivity index (χ4n) is 2.16. The van der Waals surface area contributed by atoms with Crippen LogP contribution in [0.1, 0.15) is 15.9 Å². The average Bonchev–Trinajstić information content (AvgIpc) is 2.97. The molecule has 0 spiro atoms. The Kier molecular flexibility index (Phi) is 3.94. The minimum atomic E-state index is -0.875. The molecule has 0 radical (unpaired) electrons. The zero-order chi connectivity index (χ0) is 15.5. The van der Waals surface area contributed by atoms with E-state index in [1.54, 1.807) is 30.3 Å². The quantitative estimate of drug-likeness (QED) is 0.453. The molecule has 3 aromatic rings. The van der Waals surface area contributed by atoms with E-state index in [4.69, 9.17) is 16.3 Å². The van der Waals surface area contributed by atoms with Crippen molar-refractivity contribution in [2.75, 3.05) is 0 Å². The Labute approximate surface area is 131 Å². The fraction of sp³-hybridized carbons (Fsp3) is 0.0588. The van der Waals surface area contributed by atoms with Gasteiger partial charge in [-0.3, -0.25) is 4.79 Å². The number of carbonyl (C=O) groups excluding carboxylic acids is 2. The van der Waals surface area contributed by atoms with Crippen molar-refractivity contribution in [3.63, 3.8) is 0 Å². The maximum absolute atomic E-state index is 12.2. The number of carbonyl (C=O) groups is 2. The minimum absolute atomic E-state index is 0.0318. The summed E-state index contributed by atoms with van der Waals surface area (Å²) in [5.74, 6) is -1.54. The smallest absolute Gasteiger partial charge is 0.380 e. The minimum Gasteiger partial charge on any atom is -0.455 e. The van der Waals surface area contributed by atoms with Crippen molar-refractivity contribution in [2.24, 2.45) is 0 Å². The van der Waals surface area contributed by atoms with E-state index >= 15 is 0 Å². The second kappa shape index (κ2) is 6.03. The van der Waals surface area contributed by atoms with Crippen molar-refractivity contribution in [3.8, 4) is 0 Å². The molecule has 5 heteroatoms. The molecule has 0 unspecified atom stereocenters. The van der Waals surface area contributed by atoms with Crippen molar-refractivity contribution >= 4 is 34.3 Å². The summed E-state index contributed by atoms with van der Waals surface area (Å²) in [6.45, 7) is 0.0318. The molecule has 0 aliphatic carbocycles. The third-order valence-corrected chi connectivity index (χ3v) is 3.55. The van der Waals surface area contributed by atoms with Crippen molar-refractivity contribution in [1.82, 2.24) is 4.98 Å². The molecule has 0 bridgehead atoms. The number of ether oxygens (including phenoxy) is 1. The molecule has 110 valence electrons. The van der Waals surface area contributed by atoms with Crippen LogP contribution in [0.3, 0.4) is 0 Å². The summed E-state index contributed by atoms with van der Waals surface area (Å²) >= 11 is 5.78. The van der Waals surface area contributed by atoms with Gasteiger partial charge in [0, 0.05) is 22.1 Å². The zero-order valence-corrected chi connectivity index (χ0v) is 12.3. The number of Topliss-reactive ketones (excluding diaryl/α,β-unsaturated/α-hetero) is 1. The monoisotopic (exact) mass is 313 g/mol. The highest BCUT2D eigenvalue weighted by Gasteiger charge is 2.21. The number of benzene rings is 2. The first-order valence-corrected chi connectivity index (χ1v) is 7.05. The van der Waals surface area contributed by atoms with Crippen LogP contribution in [-0.2, 0) is 16.1 Å². The van der Waals surface area contributed by atoms with Gasteiger partial charge in [0.2, 0.25) is 0 Å². The number of halogens is 1. The number of rotatable bonds is 4. The van der Waals surface area contributed by atoms with Gasteiger partial charge in [-0.2, -0.15) is 0 Å². The lowest BCUT2D eigenvalue weighted by atomic mass is 10.1. The Morgan fingerprint density at radius 2 is 1.77 bits per heavy atom. The number of para-hydroxylation sites is 1. The molecule has 0 saturated carbocycles. The molecule has 0 saturated heterocycles. The van der Waals surface area contributed by atoms with Crippen LogP contribution in [0.4, 0.5) is 0 Å². The summed E-state index contributed by atoms with van der Waals surface area (Å²) in [5, 5.41) is 1.31. The number of fused-ring (bicyclic) bond motifs is 1. The molecule has 0 aliphatic heterocycles. The molecule has 1 N–H and O–H groups in total. The van der Waals surface area contributed by atoms with Crippen molar-refractivity contribution in [1.29, 1.82) is 0 Å². The van der Waals surface area contributed by atoms with E-state index in [0.717, 1.165) is 11.1 Å². The Morgan fingerprint density at radius 1 is 1.05 bits per heavy atom. The molecule has 3 rings (SSSR count). The van der Waals surface area contributed by atoms with Gasteiger partial charge in [0.1, 0.15) is 6.61 Å². The first-order valence-electron chi connectivity index (χ1n) is 6.67. The lowest BCUT2D eigenvalue weighted by molar-refractivity contribution is -0.139. The topological polar surface area (TPSA) is 59.2 Å². The number of nitrogens with one attached hydrogen (secondary N) is 1. The van der Waals surface area contributed by atoms with Crippen LogP contribution in [0.5, 0.6) is 0 Å². The Balaban J connectivity index is 1.72. The molecule has 2 aromatic carbocycles. The summed E-state index contributed by atoms with van der Waals surface area (Å²) in [4.78, 5) is 27.1. The SMILES string of the molecule is O=C(OCc1ccc(Cl)cc1)C(=O)c1c[nH]c2ccccc12. The van der Waals surface area contributed by atoms with Gasteiger partial charge >= 0.3 is 5.97 Å². The largest absolute Gasteiger partial charge is 0.455 e. The number of hydrogen-bond acceptors (Lipinski definition) is 3. The number of H-pyrrole nitrogens is 1. The molecule has 0 atom stereocenters. The van der Waals surface area contributed by atoms with E-state index in [-0.39, 0.29) is 6.61 Å². The molecule has 4 nitrogen and oxygen atoms in total. The molecule has 0 aliphatic rings. The predicted molar refractivity (Wildman–Crippen MR) is 83.9 cm³/mol. The van der Waals surface area contributed by atoms with Crippen LogP contribution in [0.2, 0.25) is 5.02 Å². The summed E-state index contributed by atoms with van der Waals surface area (Å²) in [6, 6.07) is 14.2. The van der Waals surface area contributed by atoms with Gasteiger partial charge in [-0.1, -0.05) is 41.9 Å².